The summed E-state index contributed by atoms with van der Waals surface area (Å²) in [7, 11) is 0. The summed E-state index contributed by atoms with van der Waals surface area (Å²) in [6.45, 7) is 9.77. The molecule has 0 aliphatic carbocycles. The van der Waals surface area contributed by atoms with Crippen molar-refractivity contribution in [3.8, 4) is 22.6 Å². The predicted octanol–water partition coefficient (Wildman–Crippen LogP) is 7.34. The van der Waals surface area contributed by atoms with Gasteiger partial charge in [-0.2, -0.15) is 0 Å². The molecule has 0 spiro atoms. The molecule has 3 aromatic rings. The molecule has 0 saturated carbocycles. The molecule has 5 nitrogen and oxygen atoms in total. The molecule has 0 amide bonds. The molecule has 184 valence electrons. The fourth-order valence-electron chi connectivity index (χ4n) is 4.10. The normalized spacial score (nSPS) is 12.5. The van der Waals surface area contributed by atoms with Crippen molar-refractivity contribution in [3.05, 3.63) is 81.2 Å². The molecule has 0 aliphatic rings. The molecule has 1 atom stereocenters. The first kappa shape index (κ1) is 26.0. The van der Waals surface area contributed by atoms with E-state index in [9.17, 15) is 19.8 Å². The summed E-state index contributed by atoms with van der Waals surface area (Å²) < 4.78 is 5.56. The monoisotopic (exact) mass is 474 g/mol. The van der Waals surface area contributed by atoms with E-state index in [2.05, 4.69) is 19.9 Å². The second-order valence-corrected chi connectivity index (χ2v) is 9.35. The SMILES string of the molecule is CC[C@@H](C)C(=O)c1c(O)c(C/C=C(\C)CCC=C(C)C)c2oc(=O)cc(-c3ccccc3)c2c1O. The molecule has 0 bridgehead atoms. The van der Waals surface area contributed by atoms with Crippen molar-refractivity contribution in [1.29, 1.82) is 0 Å². The molecule has 2 aromatic carbocycles. The van der Waals surface area contributed by atoms with Crippen molar-refractivity contribution in [2.24, 2.45) is 5.92 Å². The molecule has 35 heavy (non-hydrogen) atoms. The van der Waals surface area contributed by atoms with Crippen LogP contribution in [0.15, 0.2) is 68.9 Å². The first-order chi connectivity index (χ1) is 16.6. The summed E-state index contributed by atoms with van der Waals surface area (Å²) in [4.78, 5) is 25.8. The van der Waals surface area contributed by atoms with Gasteiger partial charge in [0.2, 0.25) is 0 Å². The summed E-state index contributed by atoms with van der Waals surface area (Å²) in [6, 6.07) is 10.5. The first-order valence-corrected chi connectivity index (χ1v) is 12.1. The molecule has 0 saturated heterocycles. The average molecular weight is 475 g/mol. The number of ketones is 1. The largest absolute Gasteiger partial charge is 0.507 e. The molecular weight excluding hydrogens is 440 g/mol. The smallest absolute Gasteiger partial charge is 0.336 e. The number of fused-ring (bicyclic) bond motifs is 1. The number of hydrogen-bond acceptors (Lipinski definition) is 5. The zero-order valence-corrected chi connectivity index (χ0v) is 21.1. The minimum absolute atomic E-state index is 0.0976. The quantitative estimate of drug-likeness (QED) is 0.192. The lowest BCUT2D eigenvalue weighted by Gasteiger charge is -2.18. The second kappa shape index (κ2) is 11.2. The fraction of sp³-hybridized carbons (Fsp3) is 0.333. The van der Waals surface area contributed by atoms with Crippen molar-refractivity contribution in [1.82, 2.24) is 0 Å². The summed E-state index contributed by atoms with van der Waals surface area (Å²) in [5.41, 5.74) is 3.22. The summed E-state index contributed by atoms with van der Waals surface area (Å²) in [6.07, 6.45) is 6.70. The van der Waals surface area contributed by atoms with Crippen LogP contribution < -0.4 is 5.63 Å². The van der Waals surface area contributed by atoms with Crippen LogP contribution in [0.1, 0.15) is 69.8 Å². The van der Waals surface area contributed by atoms with Gasteiger partial charge in [0.05, 0.1) is 5.39 Å². The van der Waals surface area contributed by atoms with Gasteiger partial charge in [0, 0.05) is 23.1 Å². The predicted molar refractivity (Wildman–Crippen MR) is 141 cm³/mol. The van der Waals surface area contributed by atoms with Gasteiger partial charge in [0.1, 0.15) is 22.6 Å². The molecule has 1 heterocycles. The zero-order chi connectivity index (χ0) is 25.7. The number of benzene rings is 2. The maximum absolute atomic E-state index is 13.2. The first-order valence-electron chi connectivity index (χ1n) is 12.1. The van der Waals surface area contributed by atoms with E-state index >= 15 is 0 Å². The van der Waals surface area contributed by atoms with Crippen LogP contribution in [0.5, 0.6) is 11.5 Å². The van der Waals surface area contributed by atoms with Gasteiger partial charge in [0.25, 0.3) is 0 Å². The van der Waals surface area contributed by atoms with Gasteiger partial charge in [-0.05, 0) is 52.0 Å². The lowest BCUT2D eigenvalue weighted by atomic mass is 9.89. The maximum atomic E-state index is 13.2. The van der Waals surface area contributed by atoms with Crippen LogP contribution in [-0.2, 0) is 6.42 Å². The number of allylic oxidation sites excluding steroid dienone is 4. The van der Waals surface area contributed by atoms with Crippen LogP contribution in [0, 0.1) is 5.92 Å². The van der Waals surface area contributed by atoms with E-state index < -0.39 is 11.5 Å². The third kappa shape index (κ3) is 5.73. The van der Waals surface area contributed by atoms with Crippen LogP contribution in [0.25, 0.3) is 22.1 Å². The Hall–Kier alpha value is -3.60. The third-order valence-electron chi connectivity index (χ3n) is 6.37. The van der Waals surface area contributed by atoms with E-state index in [1.54, 1.807) is 6.92 Å². The Morgan fingerprint density at radius 2 is 1.74 bits per heavy atom. The van der Waals surface area contributed by atoms with E-state index in [4.69, 9.17) is 4.42 Å². The molecule has 0 aliphatic heterocycles. The van der Waals surface area contributed by atoms with Gasteiger partial charge in [-0.1, -0.05) is 67.5 Å². The average Bonchev–Trinajstić information content (AvgIpc) is 2.83. The number of rotatable bonds is 9. The highest BCUT2D eigenvalue weighted by Gasteiger charge is 2.29. The highest BCUT2D eigenvalue weighted by Crippen LogP contribution is 2.44. The molecule has 3 rings (SSSR count). The lowest BCUT2D eigenvalue weighted by molar-refractivity contribution is 0.0921. The van der Waals surface area contributed by atoms with Crippen LogP contribution in [-0.4, -0.2) is 16.0 Å². The number of aromatic hydroxyl groups is 2. The third-order valence-corrected chi connectivity index (χ3v) is 6.37. The number of carbonyl (C=O) groups excluding carboxylic acids is 1. The van der Waals surface area contributed by atoms with Crippen molar-refractivity contribution in [3.63, 3.8) is 0 Å². The molecule has 5 heteroatoms. The highest BCUT2D eigenvalue weighted by molar-refractivity contribution is 6.11. The van der Waals surface area contributed by atoms with Crippen molar-refractivity contribution < 1.29 is 19.4 Å². The number of hydrogen-bond donors (Lipinski definition) is 2. The van der Waals surface area contributed by atoms with Gasteiger partial charge < -0.3 is 14.6 Å². The van der Waals surface area contributed by atoms with Crippen molar-refractivity contribution in [2.75, 3.05) is 0 Å². The van der Waals surface area contributed by atoms with Gasteiger partial charge in [-0.25, -0.2) is 4.79 Å². The second-order valence-electron chi connectivity index (χ2n) is 9.35. The Balaban J connectivity index is 2.29. The van der Waals surface area contributed by atoms with Crippen molar-refractivity contribution >= 4 is 16.8 Å². The van der Waals surface area contributed by atoms with E-state index in [-0.39, 0.29) is 40.2 Å². The zero-order valence-electron chi connectivity index (χ0n) is 21.1. The maximum Gasteiger partial charge on any atom is 0.336 e. The Kier molecular flexibility index (Phi) is 8.34. The van der Waals surface area contributed by atoms with E-state index in [0.717, 1.165) is 18.4 Å². The number of carbonyl (C=O) groups is 1. The van der Waals surface area contributed by atoms with Crippen LogP contribution in [0.2, 0.25) is 0 Å². The Morgan fingerprint density at radius 1 is 1.06 bits per heavy atom. The Morgan fingerprint density at radius 3 is 2.37 bits per heavy atom. The molecule has 1 aromatic heterocycles. The molecule has 2 N–H and O–H groups in total. The summed E-state index contributed by atoms with van der Waals surface area (Å²) in [5.74, 6) is -1.44. The topological polar surface area (TPSA) is 87.7 Å². The van der Waals surface area contributed by atoms with Gasteiger partial charge in [0.15, 0.2) is 5.78 Å². The molecule has 0 fully saturated rings. The number of phenolic OH excluding ortho intramolecular Hbond substituents is 2. The summed E-state index contributed by atoms with van der Waals surface area (Å²) >= 11 is 0. The highest BCUT2D eigenvalue weighted by atomic mass is 16.4. The Labute approximate surface area is 206 Å². The van der Waals surface area contributed by atoms with Gasteiger partial charge in [-0.15, -0.1) is 0 Å². The number of Topliss-reactive ketones (excluding diaryl/α,β-unsaturated/α-hetero) is 1. The van der Waals surface area contributed by atoms with Gasteiger partial charge in [-0.3, -0.25) is 4.79 Å². The Bertz CT molecular complexity index is 1340. The van der Waals surface area contributed by atoms with Crippen LogP contribution in [0.4, 0.5) is 0 Å². The fourth-order valence-corrected chi connectivity index (χ4v) is 4.10. The van der Waals surface area contributed by atoms with E-state index in [1.807, 2.05) is 50.3 Å². The van der Waals surface area contributed by atoms with E-state index in [0.29, 0.717) is 23.1 Å². The minimum atomic E-state index is -0.596. The molecule has 0 radical (unpaired) electrons. The standard InChI is InChI=1S/C30H34O5/c1-6-20(5)27(32)26-28(33)22(16-15-19(4)12-10-11-18(2)3)30-25(29(26)34)23(17-24(31)35-30)21-13-8-7-9-14-21/h7-9,11,13-15,17,20,33-34H,6,10,12,16H2,1-5H3/b19-15+/t20-/m1/s1. The van der Waals surface area contributed by atoms with Crippen LogP contribution >= 0.6 is 0 Å². The summed E-state index contributed by atoms with van der Waals surface area (Å²) in [5, 5.41) is 22.8. The lowest BCUT2D eigenvalue weighted by Crippen LogP contribution is -2.12. The minimum Gasteiger partial charge on any atom is -0.507 e. The molecular formula is C30H34O5. The van der Waals surface area contributed by atoms with Gasteiger partial charge >= 0.3 is 5.63 Å². The van der Waals surface area contributed by atoms with Crippen LogP contribution in [0.3, 0.4) is 0 Å². The number of phenols is 2. The van der Waals surface area contributed by atoms with E-state index in [1.165, 1.54) is 11.6 Å². The van der Waals surface area contributed by atoms with Crippen molar-refractivity contribution in [2.45, 2.75) is 60.3 Å². The molecule has 0 unspecified atom stereocenters.